The highest BCUT2D eigenvalue weighted by Gasteiger charge is 2.44. The van der Waals surface area contributed by atoms with Gasteiger partial charge < -0.3 is 9.64 Å². The molecular weight excluding hydrogens is 432 g/mol. The fourth-order valence-electron chi connectivity index (χ4n) is 4.68. The minimum Gasteiger partial charge on any atom is -0.486 e. The summed E-state index contributed by atoms with van der Waals surface area (Å²) in [4.78, 5) is 53.3. The number of imide groups is 1. The largest absolute Gasteiger partial charge is 0.486 e. The molecule has 3 heterocycles. The number of likely N-dealkylation sites (tertiary alicyclic amines) is 1. The minimum atomic E-state index is -0.656. The fourth-order valence-corrected chi connectivity index (χ4v) is 4.84. The van der Waals surface area contributed by atoms with Crippen LogP contribution >= 0.6 is 11.6 Å². The number of fused-ring (bicyclic) bond motifs is 2. The number of hydrogen-bond acceptors (Lipinski definition) is 5. The van der Waals surface area contributed by atoms with Crippen LogP contribution in [0.5, 0.6) is 5.75 Å². The van der Waals surface area contributed by atoms with Crippen molar-refractivity contribution in [2.24, 2.45) is 0 Å². The third-order valence-corrected chi connectivity index (χ3v) is 6.98. The van der Waals surface area contributed by atoms with Gasteiger partial charge in [0.2, 0.25) is 5.91 Å². The van der Waals surface area contributed by atoms with Gasteiger partial charge in [0.15, 0.2) is 5.78 Å². The van der Waals surface area contributed by atoms with Gasteiger partial charge in [-0.05, 0) is 36.8 Å². The maximum Gasteiger partial charge on any atom is 0.262 e. The van der Waals surface area contributed by atoms with Gasteiger partial charge in [-0.25, -0.2) is 0 Å². The first-order valence-electron chi connectivity index (χ1n) is 10.5. The molecule has 2 aromatic carbocycles. The van der Waals surface area contributed by atoms with Crippen molar-refractivity contribution in [1.82, 2.24) is 9.80 Å². The summed E-state index contributed by atoms with van der Waals surface area (Å²) in [5, 5.41) is 0.533. The number of ketones is 1. The lowest BCUT2D eigenvalue weighted by molar-refractivity contribution is -0.135. The lowest BCUT2D eigenvalue weighted by Crippen LogP contribution is -2.54. The predicted octanol–water partition coefficient (Wildman–Crippen LogP) is 3.27. The van der Waals surface area contributed by atoms with Crippen LogP contribution in [0.1, 0.15) is 55.9 Å². The maximum absolute atomic E-state index is 12.9. The molecule has 5 rings (SSSR count). The number of rotatable bonds is 2. The van der Waals surface area contributed by atoms with Crippen LogP contribution < -0.4 is 4.74 Å². The lowest BCUT2D eigenvalue weighted by atomic mass is 9.82. The van der Waals surface area contributed by atoms with Crippen molar-refractivity contribution >= 4 is 35.1 Å². The Morgan fingerprint density at radius 3 is 2.28 bits per heavy atom. The maximum atomic E-state index is 12.9. The number of piperidine rings is 1. The van der Waals surface area contributed by atoms with Crippen LogP contribution in [-0.4, -0.2) is 58.5 Å². The highest BCUT2D eigenvalue weighted by atomic mass is 35.5. The van der Waals surface area contributed by atoms with Gasteiger partial charge in [-0.15, -0.1) is 0 Å². The number of halogens is 1. The van der Waals surface area contributed by atoms with E-state index < -0.39 is 17.4 Å². The Labute approximate surface area is 189 Å². The van der Waals surface area contributed by atoms with Gasteiger partial charge in [0.1, 0.15) is 17.9 Å². The van der Waals surface area contributed by atoms with E-state index in [0.29, 0.717) is 53.4 Å². The van der Waals surface area contributed by atoms with Gasteiger partial charge in [0.25, 0.3) is 11.8 Å². The normalized spacial score (nSPS) is 19.1. The average Bonchev–Trinajstić information content (AvgIpc) is 3.01. The average molecular weight is 453 g/mol. The Hall–Kier alpha value is -3.19. The zero-order chi connectivity index (χ0) is 22.6. The van der Waals surface area contributed by atoms with Crippen LogP contribution in [0.4, 0.5) is 0 Å². The zero-order valence-electron chi connectivity index (χ0n) is 17.5. The van der Waals surface area contributed by atoms with E-state index in [2.05, 4.69) is 0 Å². The third kappa shape index (κ3) is 3.28. The summed E-state index contributed by atoms with van der Waals surface area (Å²) in [7, 11) is 0. The molecule has 1 saturated heterocycles. The van der Waals surface area contributed by atoms with E-state index in [1.165, 1.54) is 0 Å². The molecule has 0 saturated carbocycles. The number of carbonyl (C=O) groups excluding carboxylic acids is 4. The van der Waals surface area contributed by atoms with Crippen molar-refractivity contribution in [2.75, 3.05) is 19.6 Å². The predicted molar refractivity (Wildman–Crippen MR) is 116 cm³/mol. The van der Waals surface area contributed by atoms with Gasteiger partial charge in [0.05, 0.1) is 23.1 Å². The second-order valence-electron chi connectivity index (χ2n) is 8.61. The fraction of sp³-hybridized carbons (Fsp3) is 0.333. The molecule has 8 heteroatoms. The van der Waals surface area contributed by atoms with Gasteiger partial charge in [-0.1, -0.05) is 23.7 Å². The second-order valence-corrected chi connectivity index (χ2v) is 9.01. The third-order valence-electron chi connectivity index (χ3n) is 6.57. The van der Waals surface area contributed by atoms with E-state index in [4.69, 9.17) is 16.3 Å². The van der Waals surface area contributed by atoms with Crippen LogP contribution in [0, 0.1) is 6.92 Å². The summed E-state index contributed by atoms with van der Waals surface area (Å²) in [6.07, 6.45) is 1.22. The Balaban J connectivity index is 1.26. The van der Waals surface area contributed by atoms with E-state index >= 15 is 0 Å². The Morgan fingerprint density at radius 2 is 1.66 bits per heavy atom. The van der Waals surface area contributed by atoms with E-state index in [9.17, 15) is 19.2 Å². The highest BCUT2D eigenvalue weighted by Crippen LogP contribution is 2.41. The van der Waals surface area contributed by atoms with Crippen molar-refractivity contribution < 1.29 is 23.9 Å². The molecule has 0 aromatic heterocycles. The zero-order valence-corrected chi connectivity index (χ0v) is 18.3. The van der Waals surface area contributed by atoms with Crippen molar-refractivity contribution in [3.05, 3.63) is 63.7 Å². The van der Waals surface area contributed by atoms with E-state index in [-0.39, 0.29) is 24.7 Å². The molecule has 0 bridgehead atoms. The van der Waals surface area contributed by atoms with Crippen LogP contribution in [0.3, 0.4) is 0 Å². The number of benzene rings is 2. The summed E-state index contributed by atoms with van der Waals surface area (Å²) < 4.78 is 6.27. The molecule has 7 nitrogen and oxygen atoms in total. The van der Waals surface area contributed by atoms with Crippen LogP contribution in [0.25, 0.3) is 0 Å². The number of hydrogen-bond donors (Lipinski definition) is 0. The minimum absolute atomic E-state index is 0.0149. The van der Waals surface area contributed by atoms with Gasteiger partial charge in [0, 0.05) is 31.0 Å². The molecule has 0 radical (unpaired) electrons. The molecule has 2 aromatic rings. The van der Waals surface area contributed by atoms with Crippen molar-refractivity contribution in [2.45, 2.75) is 31.8 Å². The van der Waals surface area contributed by atoms with E-state index in [1.54, 1.807) is 41.3 Å². The van der Waals surface area contributed by atoms with E-state index in [0.717, 1.165) is 10.5 Å². The molecule has 0 unspecified atom stereocenters. The highest BCUT2D eigenvalue weighted by molar-refractivity contribution is 6.32. The molecule has 32 heavy (non-hydrogen) atoms. The second kappa shape index (κ2) is 7.45. The number of ether oxygens (including phenoxy) is 1. The van der Waals surface area contributed by atoms with Gasteiger partial charge in [-0.2, -0.15) is 0 Å². The van der Waals surface area contributed by atoms with Gasteiger partial charge >= 0.3 is 0 Å². The first kappa shape index (κ1) is 20.7. The number of Topliss-reactive ketones (excluding diaryl/α,β-unsaturated/α-hetero) is 1. The summed E-state index contributed by atoms with van der Waals surface area (Å²) in [5.41, 5.74) is 1.33. The Kier molecular flexibility index (Phi) is 4.82. The van der Waals surface area contributed by atoms with Crippen LogP contribution in [0.15, 0.2) is 36.4 Å². The SMILES string of the molecule is Cc1cc2c(cc1Cl)C(=O)CC1(CCN(C(=O)CN3C(=O)c4ccccc4C3=O)CC1)O2. The standard InChI is InChI=1S/C24H21ClN2O5/c1-14-10-20-17(11-18(14)25)19(28)12-24(32-20)6-8-26(9-7-24)21(29)13-27-22(30)15-4-2-3-5-16(15)23(27)31/h2-5,10-11H,6-9,12-13H2,1H3. The quantitative estimate of drug-likeness (QED) is 0.653. The van der Waals surface area contributed by atoms with Crippen molar-refractivity contribution in [3.63, 3.8) is 0 Å². The molecule has 164 valence electrons. The smallest absolute Gasteiger partial charge is 0.262 e. The topological polar surface area (TPSA) is 84.0 Å². The first-order valence-corrected chi connectivity index (χ1v) is 10.9. The molecule has 0 N–H and O–H groups in total. The molecule has 0 atom stereocenters. The van der Waals surface area contributed by atoms with Crippen molar-refractivity contribution in [1.29, 1.82) is 0 Å². The van der Waals surface area contributed by atoms with Crippen molar-refractivity contribution in [3.8, 4) is 5.75 Å². The van der Waals surface area contributed by atoms with Crippen LogP contribution in [0.2, 0.25) is 5.02 Å². The summed E-state index contributed by atoms with van der Waals surface area (Å²) in [6, 6.07) is 10.0. The molecule has 1 fully saturated rings. The first-order chi connectivity index (χ1) is 15.3. The number of carbonyl (C=O) groups is 4. The number of nitrogens with zero attached hydrogens (tertiary/aromatic N) is 2. The van der Waals surface area contributed by atoms with Crippen LogP contribution in [-0.2, 0) is 4.79 Å². The van der Waals surface area contributed by atoms with E-state index in [1.807, 2.05) is 6.92 Å². The Morgan fingerprint density at radius 1 is 1.03 bits per heavy atom. The molecular formula is C24H21ClN2O5. The molecule has 3 aliphatic heterocycles. The molecule has 3 aliphatic rings. The summed E-state index contributed by atoms with van der Waals surface area (Å²) >= 11 is 6.16. The number of aryl methyl sites for hydroxylation is 1. The summed E-state index contributed by atoms with van der Waals surface area (Å²) in [5.74, 6) is -0.661. The summed E-state index contributed by atoms with van der Waals surface area (Å²) in [6.45, 7) is 2.34. The molecule has 1 spiro atoms. The lowest BCUT2D eigenvalue weighted by Gasteiger charge is -2.44. The molecule has 3 amide bonds. The molecule has 0 aliphatic carbocycles. The Bertz CT molecular complexity index is 1150. The monoisotopic (exact) mass is 452 g/mol. The van der Waals surface area contributed by atoms with Gasteiger partial charge in [-0.3, -0.25) is 24.1 Å². The number of amides is 3.